The molecule has 4 heteroatoms. The first kappa shape index (κ1) is 13.5. The first-order chi connectivity index (χ1) is 8.78. The molecule has 2 unspecified atom stereocenters. The highest BCUT2D eigenvalue weighted by Gasteiger charge is 2.19. The smallest absolute Gasteiger partial charge is 0.123 e. The Balaban J connectivity index is 1.86. The molecule has 2 atom stereocenters. The Hall–Kier alpha value is -0.970. The van der Waals surface area contributed by atoms with Gasteiger partial charge < -0.3 is 4.74 Å². The zero-order valence-electron chi connectivity index (χ0n) is 10.6. The Labute approximate surface area is 107 Å². The molecule has 0 aromatic heterocycles. The van der Waals surface area contributed by atoms with Crippen molar-refractivity contribution in [2.75, 3.05) is 6.61 Å². The average Bonchev–Trinajstić information content (AvgIpc) is 2.41. The molecule has 2 rings (SSSR count). The van der Waals surface area contributed by atoms with E-state index < -0.39 is 0 Å². The Kier molecular flexibility index (Phi) is 5.11. The summed E-state index contributed by atoms with van der Waals surface area (Å²) in [4.78, 5) is 0. The van der Waals surface area contributed by atoms with Gasteiger partial charge in [-0.2, -0.15) is 0 Å². The Morgan fingerprint density at radius 2 is 2.11 bits per heavy atom. The van der Waals surface area contributed by atoms with Gasteiger partial charge in [-0.15, -0.1) is 0 Å². The van der Waals surface area contributed by atoms with E-state index in [0.717, 1.165) is 37.9 Å². The molecule has 100 valence electrons. The summed E-state index contributed by atoms with van der Waals surface area (Å²) in [5.74, 6) is 5.39. The average molecular weight is 252 g/mol. The summed E-state index contributed by atoms with van der Waals surface area (Å²) < 4.78 is 18.5. The summed E-state index contributed by atoms with van der Waals surface area (Å²) >= 11 is 0. The lowest BCUT2D eigenvalue weighted by atomic mass is 9.97. The van der Waals surface area contributed by atoms with Crippen molar-refractivity contribution in [3.63, 3.8) is 0 Å². The quantitative estimate of drug-likeness (QED) is 0.623. The lowest BCUT2D eigenvalue weighted by Gasteiger charge is -2.26. The van der Waals surface area contributed by atoms with Gasteiger partial charge in [0.05, 0.1) is 6.10 Å². The van der Waals surface area contributed by atoms with Gasteiger partial charge in [-0.05, 0) is 49.8 Å². The lowest BCUT2D eigenvalue weighted by molar-refractivity contribution is 0.00524. The molecule has 0 spiro atoms. The third-order valence-electron chi connectivity index (χ3n) is 3.45. The largest absolute Gasteiger partial charge is 0.378 e. The van der Waals surface area contributed by atoms with Gasteiger partial charge in [0.15, 0.2) is 0 Å². The third kappa shape index (κ3) is 4.05. The van der Waals surface area contributed by atoms with E-state index in [2.05, 4.69) is 5.43 Å². The van der Waals surface area contributed by atoms with Gasteiger partial charge in [0, 0.05) is 12.6 Å². The molecule has 3 nitrogen and oxygen atoms in total. The minimum atomic E-state index is -0.202. The lowest BCUT2D eigenvalue weighted by Crippen LogP contribution is -2.40. The third-order valence-corrected chi connectivity index (χ3v) is 3.45. The maximum Gasteiger partial charge on any atom is 0.123 e. The second-order valence-electron chi connectivity index (χ2n) is 4.92. The van der Waals surface area contributed by atoms with Crippen LogP contribution < -0.4 is 11.3 Å². The summed E-state index contributed by atoms with van der Waals surface area (Å²) in [6.45, 7) is 0.860. The highest BCUT2D eigenvalue weighted by atomic mass is 19.1. The van der Waals surface area contributed by atoms with Gasteiger partial charge in [0.2, 0.25) is 0 Å². The van der Waals surface area contributed by atoms with E-state index in [1.54, 1.807) is 12.1 Å². The molecule has 1 heterocycles. The van der Waals surface area contributed by atoms with Crippen LogP contribution in [0.2, 0.25) is 0 Å². The fourth-order valence-corrected chi connectivity index (χ4v) is 2.43. The molecule has 1 saturated heterocycles. The van der Waals surface area contributed by atoms with Crippen molar-refractivity contribution in [3.8, 4) is 0 Å². The Morgan fingerprint density at radius 1 is 1.33 bits per heavy atom. The van der Waals surface area contributed by atoms with Gasteiger partial charge in [-0.3, -0.25) is 11.3 Å². The number of hydrogen-bond donors (Lipinski definition) is 2. The number of hydrazine groups is 1. The Bertz CT molecular complexity index is 349. The first-order valence-corrected chi connectivity index (χ1v) is 6.60. The van der Waals surface area contributed by atoms with E-state index in [-0.39, 0.29) is 11.9 Å². The van der Waals surface area contributed by atoms with Gasteiger partial charge in [0.1, 0.15) is 5.82 Å². The van der Waals surface area contributed by atoms with Crippen LogP contribution in [0, 0.1) is 5.82 Å². The number of rotatable bonds is 5. The van der Waals surface area contributed by atoms with Crippen LogP contribution in [0.1, 0.15) is 31.2 Å². The van der Waals surface area contributed by atoms with E-state index in [1.807, 2.05) is 0 Å². The van der Waals surface area contributed by atoms with E-state index in [1.165, 1.54) is 18.6 Å². The number of ether oxygens (including phenoxy) is 1. The SMILES string of the molecule is NNC(Cc1ccc(F)cc1)CC1CCCCO1. The molecule has 0 aliphatic carbocycles. The molecule has 0 bridgehead atoms. The zero-order valence-corrected chi connectivity index (χ0v) is 10.6. The van der Waals surface area contributed by atoms with Crippen molar-refractivity contribution >= 4 is 0 Å². The van der Waals surface area contributed by atoms with E-state index in [4.69, 9.17) is 10.6 Å². The predicted molar refractivity (Wildman–Crippen MR) is 69.4 cm³/mol. The first-order valence-electron chi connectivity index (χ1n) is 6.60. The topological polar surface area (TPSA) is 47.3 Å². The van der Waals surface area contributed by atoms with E-state index >= 15 is 0 Å². The van der Waals surface area contributed by atoms with Crippen LogP contribution in [0.4, 0.5) is 4.39 Å². The van der Waals surface area contributed by atoms with Crippen molar-refractivity contribution in [1.29, 1.82) is 0 Å². The molecule has 0 radical (unpaired) electrons. The molecular formula is C14H21FN2O. The van der Waals surface area contributed by atoms with Crippen LogP contribution in [0.5, 0.6) is 0 Å². The number of hydrogen-bond acceptors (Lipinski definition) is 3. The van der Waals surface area contributed by atoms with E-state index in [9.17, 15) is 4.39 Å². The molecular weight excluding hydrogens is 231 g/mol. The summed E-state index contributed by atoms with van der Waals surface area (Å²) in [6.07, 6.45) is 5.53. The molecule has 0 amide bonds. The second kappa shape index (κ2) is 6.83. The van der Waals surface area contributed by atoms with Crippen molar-refractivity contribution in [2.24, 2.45) is 5.84 Å². The summed E-state index contributed by atoms with van der Waals surface area (Å²) in [6, 6.07) is 6.77. The normalized spacial score (nSPS) is 21.8. The number of halogens is 1. The maximum atomic E-state index is 12.8. The minimum absolute atomic E-state index is 0.179. The van der Waals surface area contributed by atoms with Crippen molar-refractivity contribution in [3.05, 3.63) is 35.6 Å². The van der Waals surface area contributed by atoms with Gasteiger partial charge in [0.25, 0.3) is 0 Å². The zero-order chi connectivity index (χ0) is 12.8. The molecule has 18 heavy (non-hydrogen) atoms. The molecule has 1 aromatic rings. The summed E-state index contributed by atoms with van der Waals surface area (Å²) in [5, 5.41) is 0. The maximum absolute atomic E-state index is 12.8. The van der Waals surface area contributed by atoms with Gasteiger partial charge in [-0.1, -0.05) is 12.1 Å². The molecule has 1 fully saturated rings. The number of nitrogens with one attached hydrogen (secondary N) is 1. The van der Waals surface area contributed by atoms with Crippen LogP contribution in [0.25, 0.3) is 0 Å². The van der Waals surface area contributed by atoms with Crippen LogP contribution in [-0.2, 0) is 11.2 Å². The monoisotopic (exact) mass is 252 g/mol. The van der Waals surface area contributed by atoms with Gasteiger partial charge in [-0.25, -0.2) is 4.39 Å². The second-order valence-corrected chi connectivity index (χ2v) is 4.92. The number of benzene rings is 1. The fourth-order valence-electron chi connectivity index (χ4n) is 2.43. The molecule has 1 aliphatic heterocycles. The highest BCUT2D eigenvalue weighted by molar-refractivity contribution is 5.17. The van der Waals surface area contributed by atoms with E-state index in [0.29, 0.717) is 6.10 Å². The van der Waals surface area contributed by atoms with Crippen LogP contribution >= 0.6 is 0 Å². The van der Waals surface area contributed by atoms with Gasteiger partial charge >= 0.3 is 0 Å². The van der Waals surface area contributed by atoms with Crippen LogP contribution in [-0.4, -0.2) is 18.8 Å². The van der Waals surface area contributed by atoms with Crippen LogP contribution in [0.15, 0.2) is 24.3 Å². The molecule has 0 saturated carbocycles. The summed E-state index contributed by atoms with van der Waals surface area (Å²) in [7, 11) is 0. The van der Waals surface area contributed by atoms with Crippen molar-refractivity contribution < 1.29 is 9.13 Å². The van der Waals surface area contributed by atoms with Crippen LogP contribution in [0.3, 0.4) is 0 Å². The Morgan fingerprint density at radius 3 is 2.72 bits per heavy atom. The van der Waals surface area contributed by atoms with Crippen molar-refractivity contribution in [2.45, 2.75) is 44.2 Å². The molecule has 3 N–H and O–H groups in total. The molecule has 1 aromatic carbocycles. The highest BCUT2D eigenvalue weighted by Crippen LogP contribution is 2.18. The van der Waals surface area contributed by atoms with Crippen molar-refractivity contribution in [1.82, 2.24) is 5.43 Å². The molecule has 1 aliphatic rings. The number of nitrogens with two attached hydrogens (primary N) is 1. The standard InChI is InChI=1S/C14H21FN2O/c15-12-6-4-11(5-7-12)9-13(17-16)10-14-3-1-2-8-18-14/h4-7,13-14,17H,1-3,8-10,16H2. The predicted octanol–water partition coefficient (Wildman–Crippen LogP) is 2.16. The minimum Gasteiger partial charge on any atom is -0.378 e. The summed E-state index contributed by atoms with van der Waals surface area (Å²) in [5.41, 5.74) is 3.93. The fraction of sp³-hybridized carbons (Fsp3) is 0.571.